The van der Waals surface area contributed by atoms with Crippen LogP contribution in [0.5, 0.6) is 0 Å². The van der Waals surface area contributed by atoms with Crippen molar-refractivity contribution < 1.29 is 0 Å². The molecule has 2 aromatic rings. The summed E-state index contributed by atoms with van der Waals surface area (Å²) in [4.78, 5) is 16.3. The fourth-order valence-corrected chi connectivity index (χ4v) is 2.28. The Morgan fingerprint density at radius 2 is 2.00 bits per heavy atom. The maximum atomic E-state index is 12.1. The number of nitrogens with one attached hydrogen (secondary N) is 1. The fourth-order valence-electron chi connectivity index (χ4n) is 2.28. The Kier molecular flexibility index (Phi) is 3.71. The second kappa shape index (κ2) is 5.13. The molecule has 4 heteroatoms. The third-order valence-corrected chi connectivity index (χ3v) is 3.51. The topological polar surface area (TPSA) is 46.9 Å². The van der Waals surface area contributed by atoms with Crippen molar-refractivity contribution in [2.45, 2.75) is 33.4 Å². The van der Waals surface area contributed by atoms with Crippen molar-refractivity contribution in [2.75, 3.05) is 7.05 Å². The van der Waals surface area contributed by atoms with Crippen molar-refractivity contribution in [3.05, 3.63) is 40.8 Å². The molecule has 1 unspecified atom stereocenters. The van der Waals surface area contributed by atoms with Crippen LogP contribution >= 0.6 is 0 Å². The van der Waals surface area contributed by atoms with Gasteiger partial charge in [0, 0.05) is 12.6 Å². The number of nitrogens with zero attached hydrogens (tertiary/aromatic N) is 2. The average Bonchev–Trinajstić information content (AvgIpc) is 2.36. The summed E-state index contributed by atoms with van der Waals surface area (Å²) in [5.74, 6) is 0. The van der Waals surface area contributed by atoms with Crippen LogP contribution in [0.25, 0.3) is 11.0 Å². The molecular formula is C15H21N3O. The molecule has 0 fully saturated rings. The first-order valence-electron chi connectivity index (χ1n) is 6.55. The predicted octanol–water partition coefficient (Wildman–Crippen LogP) is 2.03. The minimum absolute atomic E-state index is 0.0526. The highest BCUT2D eigenvalue weighted by Gasteiger charge is 2.24. The molecule has 1 atom stereocenters. The molecule has 1 N–H and O–H groups in total. The van der Waals surface area contributed by atoms with Crippen molar-refractivity contribution in [1.29, 1.82) is 0 Å². The summed E-state index contributed by atoms with van der Waals surface area (Å²) in [5.41, 5.74) is 1.77. The number of para-hydroxylation sites is 2. The Hall–Kier alpha value is -1.68. The van der Waals surface area contributed by atoms with Crippen LogP contribution in [0.1, 0.15) is 20.8 Å². The first-order chi connectivity index (χ1) is 8.93. The third-order valence-electron chi connectivity index (χ3n) is 3.51. The van der Waals surface area contributed by atoms with Gasteiger partial charge in [-0.25, -0.2) is 4.98 Å². The van der Waals surface area contributed by atoms with Crippen LogP contribution in [0.2, 0.25) is 0 Å². The molecule has 2 rings (SSSR count). The Bertz CT molecular complexity index is 625. The molecule has 0 spiro atoms. The van der Waals surface area contributed by atoms with Gasteiger partial charge in [0.2, 0.25) is 0 Å². The molecule has 0 saturated heterocycles. The normalized spacial score (nSPS) is 13.7. The molecule has 0 saturated carbocycles. The molecule has 4 nitrogen and oxygen atoms in total. The van der Waals surface area contributed by atoms with Gasteiger partial charge in [-0.05, 0) is 24.6 Å². The van der Waals surface area contributed by atoms with Gasteiger partial charge in [0.25, 0.3) is 5.56 Å². The second-order valence-corrected chi connectivity index (χ2v) is 5.90. The summed E-state index contributed by atoms with van der Waals surface area (Å²) in [5, 5.41) is 3.30. The van der Waals surface area contributed by atoms with Crippen LogP contribution in [0, 0.1) is 5.41 Å². The molecule has 19 heavy (non-hydrogen) atoms. The van der Waals surface area contributed by atoms with E-state index >= 15 is 0 Å². The van der Waals surface area contributed by atoms with Gasteiger partial charge in [-0.2, -0.15) is 0 Å². The van der Waals surface area contributed by atoms with Crippen LogP contribution < -0.4 is 10.9 Å². The van der Waals surface area contributed by atoms with E-state index in [1.807, 2.05) is 31.3 Å². The molecule has 102 valence electrons. The van der Waals surface area contributed by atoms with E-state index in [0.717, 1.165) is 11.0 Å². The van der Waals surface area contributed by atoms with Crippen molar-refractivity contribution >= 4 is 11.0 Å². The van der Waals surface area contributed by atoms with Gasteiger partial charge in [-0.3, -0.25) is 4.79 Å². The first-order valence-corrected chi connectivity index (χ1v) is 6.55. The van der Waals surface area contributed by atoms with Gasteiger partial charge in [0.15, 0.2) is 0 Å². The Morgan fingerprint density at radius 3 is 2.63 bits per heavy atom. The van der Waals surface area contributed by atoms with E-state index in [4.69, 9.17) is 0 Å². The smallest absolute Gasteiger partial charge is 0.269 e. The molecule has 1 heterocycles. The fraction of sp³-hybridized carbons (Fsp3) is 0.467. The lowest BCUT2D eigenvalue weighted by Crippen LogP contribution is -2.43. The maximum absolute atomic E-state index is 12.1. The van der Waals surface area contributed by atoms with E-state index in [0.29, 0.717) is 6.54 Å². The van der Waals surface area contributed by atoms with Crippen LogP contribution in [-0.2, 0) is 6.54 Å². The summed E-state index contributed by atoms with van der Waals surface area (Å²) in [6.45, 7) is 7.15. The first kappa shape index (κ1) is 13.7. The summed E-state index contributed by atoms with van der Waals surface area (Å²) in [6.07, 6.45) is 1.40. The van der Waals surface area contributed by atoms with Gasteiger partial charge in [-0.1, -0.05) is 32.9 Å². The van der Waals surface area contributed by atoms with Crippen molar-refractivity contribution in [2.24, 2.45) is 5.41 Å². The van der Waals surface area contributed by atoms with Gasteiger partial charge in [0.05, 0.1) is 17.2 Å². The molecule has 0 amide bonds. The van der Waals surface area contributed by atoms with Crippen molar-refractivity contribution in [3.8, 4) is 0 Å². The van der Waals surface area contributed by atoms with Gasteiger partial charge in [-0.15, -0.1) is 0 Å². The zero-order valence-corrected chi connectivity index (χ0v) is 12.0. The summed E-state index contributed by atoms with van der Waals surface area (Å²) >= 11 is 0. The largest absolute Gasteiger partial charge is 0.315 e. The SMILES string of the molecule is CNC(Cn1c(=O)cnc2ccccc21)C(C)(C)C. The highest BCUT2D eigenvalue weighted by Crippen LogP contribution is 2.21. The van der Waals surface area contributed by atoms with Crippen LogP contribution in [-0.4, -0.2) is 22.6 Å². The molecule has 0 aliphatic rings. The zero-order chi connectivity index (χ0) is 14.0. The second-order valence-electron chi connectivity index (χ2n) is 5.90. The molecule has 0 radical (unpaired) electrons. The molecular weight excluding hydrogens is 238 g/mol. The van der Waals surface area contributed by atoms with Crippen LogP contribution in [0.15, 0.2) is 35.3 Å². The molecule has 1 aromatic carbocycles. The minimum Gasteiger partial charge on any atom is -0.315 e. The van der Waals surface area contributed by atoms with Gasteiger partial charge < -0.3 is 9.88 Å². The molecule has 0 aliphatic heterocycles. The Labute approximate surface area is 113 Å². The average molecular weight is 259 g/mol. The summed E-state index contributed by atoms with van der Waals surface area (Å²) < 4.78 is 1.80. The van der Waals surface area contributed by atoms with E-state index in [-0.39, 0.29) is 17.0 Å². The highest BCUT2D eigenvalue weighted by molar-refractivity contribution is 5.74. The number of fused-ring (bicyclic) bond motifs is 1. The zero-order valence-electron chi connectivity index (χ0n) is 12.0. The number of likely N-dealkylation sites (N-methyl/N-ethyl adjacent to an activating group) is 1. The van der Waals surface area contributed by atoms with Crippen molar-refractivity contribution in [1.82, 2.24) is 14.9 Å². The molecule has 1 aromatic heterocycles. The lowest BCUT2D eigenvalue weighted by atomic mass is 9.86. The lowest BCUT2D eigenvalue weighted by molar-refractivity contribution is 0.254. The number of hydrogen-bond acceptors (Lipinski definition) is 3. The standard InChI is InChI=1S/C15H21N3O/c1-15(2,3)13(16-4)10-18-12-8-6-5-7-11(12)17-9-14(18)19/h5-9,13,16H,10H2,1-4H3. The summed E-state index contributed by atoms with van der Waals surface area (Å²) in [7, 11) is 1.93. The van der Waals surface area contributed by atoms with Gasteiger partial charge >= 0.3 is 0 Å². The number of hydrogen-bond donors (Lipinski definition) is 1. The monoisotopic (exact) mass is 259 g/mol. The van der Waals surface area contributed by atoms with Crippen LogP contribution in [0.4, 0.5) is 0 Å². The quantitative estimate of drug-likeness (QED) is 0.917. The van der Waals surface area contributed by atoms with Gasteiger partial charge in [0.1, 0.15) is 0 Å². The molecule has 0 bridgehead atoms. The van der Waals surface area contributed by atoms with E-state index in [1.165, 1.54) is 6.20 Å². The Morgan fingerprint density at radius 1 is 1.32 bits per heavy atom. The van der Waals surface area contributed by atoms with E-state index < -0.39 is 0 Å². The lowest BCUT2D eigenvalue weighted by Gasteiger charge is -2.31. The minimum atomic E-state index is -0.0526. The predicted molar refractivity (Wildman–Crippen MR) is 78.3 cm³/mol. The highest BCUT2D eigenvalue weighted by atomic mass is 16.1. The summed E-state index contributed by atoms with van der Waals surface area (Å²) in [6, 6.07) is 7.96. The third kappa shape index (κ3) is 2.84. The van der Waals surface area contributed by atoms with Crippen LogP contribution in [0.3, 0.4) is 0 Å². The number of aromatic nitrogens is 2. The number of rotatable bonds is 3. The maximum Gasteiger partial charge on any atom is 0.269 e. The number of benzene rings is 1. The Balaban J connectivity index is 2.50. The molecule has 0 aliphatic carbocycles. The van der Waals surface area contributed by atoms with Crippen molar-refractivity contribution in [3.63, 3.8) is 0 Å². The van der Waals surface area contributed by atoms with E-state index in [9.17, 15) is 4.79 Å². The van der Waals surface area contributed by atoms with E-state index in [1.54, 1.807) is 4.57 Å². The van der Waals surface area contributed by atoms with E-state index in [2.05, 4.69) is 31.1 Å².